The summed E-state index contributed by atoms with van der Waals surface area (Å²) in [5, 5.41) is 23.5. The molecule has 0 fully saturated rings. The van der Waals surface area contributed by atoms with E-state index in [1.54, 1.807) is 24.4 Å². The molecule has 0 unspecified atom stereocenters. The highest BCUT2D eigenvalue weighted by Crippen LogP contribution is 2.25. The van der Waals surface area contributed by atoms with Gasteiger partial charge in [-0.15, -0.1) is 0 Å². The van der Waals surface area contributed by atoms with E-state index in [2.05, 4.69) is 31.9 Å². The first kappa shape index (κ1) is 16.1. The standard InChI is InChI=1S/C16H12Cl2N6/c17-11-4-1-5-12(7-11)22-16-13(8-19)15(23-24-16)21-9-10-3-2-6-20-14(10)18/h1-7H,9H2,(H3,21,22,23,24). The number of hydrogen-bond donors (Lipinski definition) is 3. The van der Waals surface area contributed by atoms with Crippen molar-refractivity contribution in [3.8, 4) is 6.07 Å². The van der Waals surface area contributed by atoms with Gasteiger partial charge in [-0.2, -0.15) is 10.4 Å². The van der Waals surface area contributed by atoms with Crippen LogP contribution in [0.15, 0.2) is 42.6 Å². The van der Waals surface area contributed by atoms with Crippen LogP contribution < -0.4 is 10.6 Å². The Morgan fingerprint density at radius 1 is 1.21 bits per heavy atom. The topological polar surface area (TPSA) is 89.4 Å². The summed E-state index contributed by atoms with van der Waals surface area (Å²) in [7, 11) is 0. The molecule has 120 valence electrons. The molecule has 3 N–H and O–H groups in total. The van der Waals surface area contributed by atoms with E-state index in [0.29, 0.717) is 33.9 Å². The fourth-order valence-corrected chi connectivity index (χ4v) is 2.49. The SMILES string of the molecule is N#Cc1c(NCc2cccnc2Cl)n[nH]c1Nc1cccc(Cl)c1. The summed E-state index contributed by atoms with van der Waals surface area (Å²) in [6.07, 6.45) is 1.62. The molecule has 0 saturated carbocycles. The van der Waals surface area contributed by atoms with Crippen molar-refractivity contribution < 1.29 is 0 Å². The molecule has 0 aliphatic heterocycles. The average Bonchev–Trinajstić information content (AvgIpc) is 2.96. The van der Waals surface area contributed by atoms with Crippen molar-refractivity contribution >= 4 is 40.5 Å². The van der Waals surface area contributed by atoms with Gasteiger partial charge in [0.25, 0.3) is 0 Å². The number of nitrogens with zero attached hydrogens (tertiary/aromatic N) is 3. The predicted molar refractivity (Wildman–Crippen MR) is 94.6 cm³/mol. The van der Waals surface area contributed by atoms with Crippen LogP contribution in [0.3, 0.4) is 0 Å². The van der Waals surface area contributed by atoms with Crippen LogP contribution >= 0.6 is 23.2 Å². The van der Waals surface area contributed by atoms with Crippen LogP contribution in [-0.2, 0) is 6.54 Å². The summed E-state index contributed by atoms with van der Waals surface area (Å²) in [6.45, 7) is 0.406. The van der Waals surface area contributed by atoms with Gasteiger partial charge in [-0.25, -0.2) is 4.98 Å². The molecule has 2 heterocycles. The first-order chi connectivity index (χ1) is 11.7. The first-order valence-corrected chi connectivity index (χ1v) is 7.77. The number of nitrogens with one attached hydrogen (secondary N) is 3. The highest BCUT2D eigenvalue weighted by Gasteiger charge is 2.13. The third-order valence-corrected chi connectivity index (χ3v) is 3.83. The van der Waals surface area contributed by atoms with Crippen LogP contribution in [-0.4, -0.2) is 15.2 Å². The van der Waals surface area contributed by atoms with Gasteiger partial charge in [-0.1, -0.05) is 35.3 Å². The van der Waals surface area contributed by atoms with Crippen molar-refractivity contribution in [2.45, 2.75) is 6.54 Å². The van der Waals surface area contributed by atoms with Crippen molar-refractivity contribution in [1.29, 1.82) is 5.26 Å². The Morgan fingerprint density at radius 3 is 2.83 bits per heavy atom. The van der Waals surface area contributed by atoms with Crippen LogP contribution in [0.5, 0.6) is 0 Å². The molecule has 1 aromatic carbocycles. The van der Waals surface area contributed by atoms with E-state index in [9.17, 15) is 5.26 Å². The van der Waals surface area contributed by atoms with E-state index in [1.165, 1.54) is 0 Å². The molecular formula is C16H12Cl2N6. The van der Waals surface area contributed by atoms with Crippen LogP contribution in [0, 0.1) is 11.3 Å². The maximum Gasteiger partial charge on any atom is 0.168 e. The molecule has 0 aliphatic carbocycles. The lowest BCUT2D eigenvalue weighted by atomic mass is 10.2. The van der Waals surface area contributed by atoms with Crippen LogP contribution in [0.25, 0.3) is 0 Å². The van der Waals surface area contributed by atoms with Crippen molar-refractivity contribution in [2.24, 2.45) is 0 Å². The number of halogens is 2. The Labute approximate surface area is 148 Å². The van der Waals surface area contributed by atoms with Crippen molar-refractivity contribution in [3.63, 3.8) is 0 Å². The Balaban J connectivity index is 1.77. The van der Waals surface area contributed by atoms with Crippen LogP contribution in [0.4, 0.5) is 17.3 Å². The van der Waals surface area contributed by atoms with Gasteiger partial charge in [-0.05, 0) is 24.3 Å². The minimum Gasteiger partial charge on any atom is -0.363 e. The minimum atomic E-state index is 0.370. The molecule has 24 heavy (non-hydrogen) atoms. The Morgan fingerprint density at radius 2 is 2.08 bits per heavy atom. The lowest BCUT2D eigenvalue weighted by Gasteiger charge is -2.06. The van der Waals surface area contributed by atoms with Gasteiger partial charge in [0.05, 0.1) is 0 Å². The molecule has 3 rings (SSSR count). The maximum absolute atomic E-state index is 9.42. The third kappa shape index (κ3) is 3.59. The Kier molecular flexibility index (Phi) is 4.85. The number of pyridine rings is 1. The van der Waals surface area contributed by atoms with Crippen molar-refractivity contribution in [1.82, 2.24) is 15.2 Å². The minimum absolute atomic E-state index is 0.370. The van der Waals surface area contributed by atoms with Gasteiger partial charge in [0.2, 0.25) is 0 Å². The Hall–Kier alpha value is -2.75. The van der Waals surface area contributed by atoms with Crippen LogP contribution in [0.2, 0.25) is 10.2 Å². The monoisotopic (exact) mass is 358 g/mol. The molecule has 2 aromatic heterocycles. The molecule has 0 spiro atoms. The van der Waals surface area contributed by atoms with Crippen molar-refractivity contribution in [3.05, 3.63) is 63.9 Å². The zero-order chi connectivity index (χ0) is 16.9. The second-order valence-corrected chi connectivity index (χ2v) is 5.67. The summed E-state index contributed by atoms with van der Waals surface area (Å²) >= 11 is 12.0. The van der Waals surface area contributed by atoms with E-state index >= 15 is 0 Å². The summed E-state index contributed by atoms with van der Waals surface area (Å²) in [4.78, 5) is 4.01. The van der Waals surface area contributed by atoms with Gasteiger partial charge in [0.1, 0.15) is 22.6 Å². The number of benzene rings is 1. The van der Waals surface area contributed by atoms with Gasteiger partial charge in [-0.3, -0.25) is 5.10 Å². The average molecular weight is 359 g/mol. The molecule has 3 aromatic rings. The molecule has 0 aliphatic rings. The summed E-state index contributed by atoms with van der Waals surface area (Å²) in [6, 6.07) is 13.0. The fraction of sp³-hybridized carbons (Fsp3) is 0.0625. The number of anilines is 3. The number of aromatic nitrogens is 3. The van der Waals surface area contributed by atoms with E-state index in [-0.39, 0.29) is 0 Å². The molecule has 6 nitrogen and oxygen atoms in total. The lowest BCUT2D eigenvalue weighted by Crippen LogP contribution is -2.02. The molecule has 0 amide bonds. The highest BCUT2D eigenvalue weighted by molar-refractivity contribution is 6.31. The Bertz CT molecular complexity index is 900. The van der Waals surface area contributed by atoms with Crippen LogP contribution in [0.1, 0.15) is 11.1 Å². The summed E-state index contributed by atoms with van der Waals surface area (Å²) in [5.74, 6) is 0.918. The molecular weight excluding hydrogens is 347 g/mol. The smallest absolute Gasteiger partial charge is 0.168 e. The normalized spacial score (nSPS) is 10.2. The van der Waals surface area contributed by atoms with Gasteiger partial charge < -0.3 is 10.6 Å². The van der Waals surface area contributed by atoms with Gasteiger partial charge in [0.15, 0.2) is 5.82 Å². The summed E-state index contributed by atoms with van der Waals surface area (Å²) < 4.78 is 0. The zero-order valence-electron chi connectivity index (χ0n) is 12.3. The largest absolute Gasteiger partial charge is 0.363 e. The van der Waals surface area contributed by atoms with E-state index in [4.69, 9.17) is 23.2 Å². The van der Waals surface area contributed by atoms with Gasteiger partial charge >= 0.3 is 0 Å². The first-order valence-electron chi connectivity index (χ1n) is 7.01. The number of rotatable bonds is 5. The highest BCUT2D eigenvalue weighted by atomic mass is 35.5. The summed E-state index contributed by atoms with van der Waals surface area (Å²) in [5.41, 5.74) is 1.94. The second kappa shape index (κ2) is 7.21. The quantitative estimate of drug-likeness (QED) is 0.590. The number of H-pyrrole nitrogens is 1. The van der Waals surface area contributed by atoms with E-state index in [1.807, 2.05) is 18.2 Å². The zero-order valence-corrected chi connectivity index (χ0v) is 13.9. The lowest BCUT2D eigenvalue weighted by molar-refractivity contribution is 1.04. The number of nitriles is 1. The van der Waals surface area contributed by atoms with Crippen molar-refractivity contribution in [2.75, 3.05) is 10.6 Å². The molecule has 0 saturated heterocycles. The fourth-order valence-electron chi connectivity index (χ4n) is 2.11. The number of aromatic amines is 1. The molecule has 0 radical (unpaired) electrons. The molecule has 0 bridgehead atoms. The van der Waals surface area contributed by atoms with Gasteiger partial charge in [0, 0.05) is 29.0 Å². The van der Waals surface area contributed by atoms with E-state index in [0.717, 1.165) is 11.3 Å². The third-order valence-electron chi connectivity index (χ3n) is 3.25. The maximum atomic E-state index is 9.42. The molecule has 0 atom stereocenters. The van der Waals surface area contributed by atoms with E-state index < -0.39 is 0 Å². The molecule has 8 heteroatoms. The second-order valence-electron chi connectivity index (χ2n) is 4.88. The number of hydrogen-bond acceptors (Lipinski definition) is 5. The predicted octanol–water partition coefficient (Wildman–Crippen LogP) is 4.34.